The summed E-state index contributed by atoms with van der Waals surface area (Å²) >= 11 is 4.02. The fourth-order valence-corrected chi connectivity index (χ4v) is 3.54. The van der Waals surface area contributed by atoms with Gasteiger partial charge in [-0.3, -0.25) is 28.9 Å². The Morgan fingerprint density at radius 1 is 1.11 bits per heavy atom. The Balaban J connectivity index is 2.76. The summed E-state index contributed by atoms with van der Waals surface area (Å²) in [6.45, 7) is 2.94. The normalized spacial score (nSPS) is 17.0. The van der Waals surface area contributed by atoms with Gasteiger partial charge in [-0.2, -0.15) is 12.6 Å². The number of nitrogens with one attached hydrogen (secondary N) is 4. The number of hydrogen-bond acceptors (Lipinski definition) is 8. The minimum absolute atomic E-state index is 0.0330. The molecule has 35 heavy (non-hydrogen) atoms. The maximum Gasteiger partial charge on any atom is 0.312 e. The predicted molar refractivity (Wildman–Crippen MR) is 128 cm³/mol. The highest BCUT2D eigenvalue weighted by Gasteiger charge is 2.36. The molecule has 0 aromatic heterocycles. The molecule has 1 aliphatic rings. The molecule has 13 nitrogen and oxygen atoms in total. The summed E-state index contributed by atoms with van der Waals surface area (Å²) in [6, 6.07) is -2.85. The van der Waals surface area contributed by atoms with Crippen LogP contribution in [0.25, 0.3) is 0 Å². The minimum Gasteiger partial charge on any atom is -0.352 e. The number of thiol groups is 1. The molecular weight excluding hydrogens is 479 g/mol. The Hall–Kier alpha value is -3.10. The molecule has 1 rings (SSSR count). The molecule has 15 heteroatoms. The van der Waals surface area contributed by atoms with Crippen molar-refractivity contribution in [3.8, 4) is 0 Å². The van der Waals surface area contributed by atoms with Crippen molar-refractivity contribution in [3.63, 3.8) is 0 Å². The maximum atomic E-state index is 12.9. The van der Waals surface area contributed by atoms with Gasteiger partial charge in [-0.15, -0.1) is 0 Å². The number of carbonyl (C=O) groups excluding carboxylic acids is 7. The second kappa shape index (κ2) is 14.3. The highest BCUT2D eigenvalue weighted by Crippen LogP contribution is 2.17. The maximum absolute atomic E-state index is 12.9. The van der Waals surface area contributed by atoms with Crippen LogP contribution in [-0.2, 0) is 28.8 Å². The molecule has 0 aromatic rings. The number of primary amides is 1. The average Bonchev–Trinajstić information content (AvgIpc) is 3.01. The van der Waals surface area contributed by atoms with Crippen LogP contribution in [0.1, 0.15) is 39.5 Å². The van der Waals surface area contributed by atoms with Crippen molar-refractivity contribution in [2.24, 2.45) is 11.7 Å². The second-order valence-corrected chi connectivity index (χ2v) is 8.94. The van der Waals surface area contributed by atoms with Crippen LogP contribution in [0.15, 0.2) is 0 Å². The van der Waals surface area contributed by atoms with Crippen molar-refractivity contribution in [2.45, 2.75) is 56.9 Å². The van der Waals surface area contributed by atoms with Gasteiger partial charge in [-0.25, -0.2) is 4.79 Å². The molecule has 1 aliphatic heterocycles. The standard InChI is InChI=1S/C20H31BN6O7S/c1-10(2)16(26-14(29)5-7-27-15(30)8-12(35)19(27)33)18(32)25-11(4-3-6-23-20(22)34)17(31)24-9-13(21)28/h10-12,16,35H,3-9H2,1-2H3,(H,24,31)(H,25,32)(H,26,29)(H3,22,23,34)/t11-,12?,16?/m0/s1. The summed E-state index contributed by atoms with van der Waals surface area (Å²) in [5.41, 5.74) is 4.23. The first kappa shape index (κ1) is 29.9. The molecule has 1 fully saturated rings. The van der Waals surface area contributed by atoms with E-state index in [9.17, 15) is 33.6 Å². The van der Waals surface area contributed by atoms with Gasteiger partial charge in [-0.1, -0.05) is 13.8 Å². The number of imide groups is 1. The quantitative estimate of drug-likeness (QED) is 0.0633. The van der Waals surface area contributed by atoms with Gasteiger partial charge >= 0.3 is 6.03 Å². The molecule has 1 saturated heterocycles. The van der Waals surface area contributed by atoms with Crippen LogP contribution in [0.5, 0.6) is 0 Å². The highest BCUT2D eigenvalue weighted by molar-refractivity contribution is 7.81. The number of nitrogens with zero attached hydrogens (tertiary/aromatic N) is 1. The van der Waals surface area contributed by atoms with E-state index in [4.69, 9.17) is 13.6 Å². The number of amides is 7. The average molecular weight is 510 g/mol. The SMILES string of the molecule is [B]C(=O)CNC(=O)[C@H](CCCNC(N)=O)NC(=O)C(NC(=O)CCN1C(=O)CC(S)C1=O)C(C)C. The molecule has 2 radical (unpaired) electrons. The third-order valence-electron chi connectivity index (χ3n) is 5.09. The van der Waals surface area contributed by atoms with Gasteiger partial charge in [0, 0.05) is 25.9 Å². The van der Waals surface area contributed by atoms with Crippen LogP contribution in [0.3, 0.4) is 0 Å². The Morgan fingerprint density at radius 3 is 2.29 bits per heavy atom. The number of likely N-dealkylation sites (tertiary alicyclic amines) is 1. The van der Waals surface area contributed by atoms with Gasteiger partial charge < -0.3 is 31.8 Å². The van der Waals surface area contributed by atoms with Crippen LogP contribution in [0.4, 0.5) is 4.79 Å². The predicted octanol–water partition coefficient (Wildman–Crippen LogP) is -2.68. The lowest BCUT2D eigenvalue weighted by atomic mass is 10.0. The first-order valence-corrected chi connectivity index (χ1v) is 11.6. The third-order valence-corrected chi connectivity index (χ3v) is 5.49. The van der Waals surface area contributed by atoms with E-state index in [0.29, 0.717) is 0 Å². The van der Waals surface area contributed by atoms with Crippen LogP contribution in [-0.4, -0.2) is 91.0 Å². The molecule has 6 N–H and O–H groups in total. The number of hydrogen-bond donors (Lipinski definition) is 6. The van der Waals surface area contributed by atoms with E-state index >= 15 is 0 Å². The molecule has 7 amide bonds. The molecule has 0 saturated carbocycles. The second-order valence-electron chi connectivity index (χ2n) is 8.32. The topological polar surface area (TPSA) is 197 Å². The Bertz CT molecular complexity index is 856. The Kier molecular flexibility index (Phi) is 12.3. The van der Waals surface area contributed by atoms with Crippen LogP contribution >= 0.6 is 12.6 Å². The van der Waals surface area contributed by atoms with Crippen molar-refractivity contribution >= 4 is 61.7 Å². The molecule has 2 unspecified atom stereocenters. The summed E-state index contributed by atoms with van der Waals surface area (Å²) in [4.78, 5) is 84.3. The number of rotatable bonds is 14. The van der Waals surface area contributed by atoms with Crippen LogP contribution < -0.4 is 27.0 Å². The number of urea groups is 1. The van der Waals surface area contributed by atoms with Gasteiger partial charge in [0.1, 0.15) is 12.1 Å². The Morgan fingerprint density at radius 2 is 1.77 bits per heavy atom. The first-order valence-electron chi connectivity index (χ1n) is 11.0. The third kappa shape index (κ3) is 10.4. The van der Waals surface area contributed by atoms with Crippen molar-refractivity contribution in [1.82, 2.24) is 26.2 Å². The van der Waals surface area contributed by atoms with E-state index in [1.54, 1.807) is 13.8 Å². The summed E-state index contributed by atoms with van der Waals surface area (Å²) in [5, 5.41) is 9.04. The smallest absolute Gasteiger partial charge is 0.312 e. The van der Waals surface area contributed by atoms with Gasteiger partial charge in [0.05, 0.1) is 17.5 Å². The molecule has 3 atom stereocenters. The van der Waals surface area contributed by atoms with Crippen molar-refractivity contribution in [2.75, 3.05) is 19.6 Å². The van der Waals surface area contributed by atoms with Gasteiger partial charge in [0.2, 0.25) is 29.5 Å². The Labute approximate surface area is 209 Å². The van der Waals surface area contributed by atoms with Gasteiger partial charge in [0.25, 0.3) is 0 Å². The highest BCUT2D eigenvalue weighted by atomic mass is 32.1. The number of nitrogens with two attached hydrogens (primary N) is 1. The van der Waals surface area contributed by atoms with E-state index in [-0.39, 0.29) is 44.7 Å². The van der Waals surface area contributed by atoms with E-state index in [1.807, 2.05) is 0 Å². The number of carbonyl (C=O) groups is 7. The van der Waals surface area contributed by atoms with Crippen molar-refractivity contribution in [3.05, 3.63) is 0 Å². The summed E-state index contributed by atoms with van der Waals surface area (Å²) in [7, 11) is 5.04. The lowest BCUT2D eigenvalue weighted by Crippen LogP contribution is -2.56. The molecule has 0 aromatic carbocycles. The zero-order valence-corrected chi connectivity index (χ0v) is 20.6. The summed E-state index contributed by atoms with van der Waals surface area (Å²) < 4.78 is 0. The van der Waals surface area contributed by atoms with Crippen LogP contribution in [0.2, 0.25) is 0 Å². The largest absolute Gasteiger partial charge is 0.352 e. The first-order chi connectivity index (χ1) is 16.3. The molecule has 0 aliphatic carbocycles. The fraction of sp³-hybridized carbons (Fsp3) is 0.650. The summed E-state index contributed by atoms with van der Waals surface area (Å²) in [6.07, 6.45) is 0.130. The van der Waals surface area contributed by atoms with Crippen LogP contribution in [0, 0.1) is 5.92 Å². The van der Waals surface area contributed by atoms with Crippen molar-refractivity contribution < 1.29 is 33.6 Å². The minimum atomic E-state index is -1.08. The van der Waals surface area contributed by atoms with E-state index in [1.165, 1.54) is 0 Å². The van der Waals surface area contributed by atoms with E-state index < -0.39 is 65.1 Å². The summed E-state index contributed by atoms with van der Waals surface area (Å²) in [5.74, 6) is -3.16. The van der Waals surface area contributed by atoms with E-state index in [0.717, 1.165) is 4.90 Å². The zero-order chi connectivity index (χ0) is 26.7. The zero-order valence-electron chi connectivity index (χ0n) is 19.7. The molecule has 1 heterocycles. The van der Waals surface area contributed by atoms with Gasteiger partial charge in [0.15, 0.2) is 7.85 Å². The molecule has 0 spiro atoms. The van der Waals surface area contributed by atoms with Gasteiger partial charge in [-0.05, 0) is 18.8 Å². The molecule has 192 valence electrons. The molecule has 0 bridgehead atoms. The van der Waals surface area contributed by atoms with E-state index in [2.05, 4.69) is 33.9 Å². The monoisotopic (exact) mass is 510 g/mol. The fourth-order valence-electron chi connectivity index (χ4n) is 3.24. The lowest BCUT2D eigenvalue weighted by molar-refractivity contribution is -0.139. The molecular formula is C20H31BN6O7S. The lowest BCUT2D eigenvalue weighted by Gasteiger charge is -2.25. The van der Waals surface area contributed by atoms with Crippen molar-refractivity contribution in [1.29, 1.82) is 0 Å².